The Hall–Kier alpha value is -1.22. The molecule has 0 spiro atoms. The lowest BCUT2D eigenvalue weighted by Crippen LogP contribution is -2.41. The maximum atomic E-state index is 11.5. The van der Waals surface area contributed by atoms with Gasteiger partial charge in [0.2, 0.25) is 0 Å². The van der Waals surface area contributed by atoms with Crippen LogP contribution in [0.25, 0.3) is 0 Å². The SMILES string of the molecule is CN(C)C(=O)NCC(C)(C)c1ccc(Cl)cc1. The molecule has 0 aliphatic heterocycles. The van der Waals surface area contributed by atoms with E-state index in [0.29, 0.717) is 6.54 Å². The number of benzene rings is 1. The van der Waals surface area contributed by atoms with Crippen molar-refractivity contribution in [2.75, 3.05) is 20.6 Å². The minimum absolute atomic E-state index is 0.0768. The second-order valence-electron chi connectivity index (χ2n) is 4.94. The summed E-state index contributed by atoms with van der Waals surface area (Å²) in [6.07, 6.45) is 0. The van der Waals surface area contributed by atoms with Crippen LogP contribution in [0.15, 0.2) is 24.3 Å². The number of nitrogens with one attached hydrogen (secondary N) is 1. The summed E-state index contributed by atoms with van der Waals surface area (Å²) in [6, 6.07) is 7.64. The number of hydrogen-bond acceptors (Lipinski definition) is 1. The number of rotatable bonds is 3. The van der Waals surface area contributed by atoms with Crippen LogP contribution in [-0.2, 0) is 5.41 Å². The number of halogens is 1. The lowest BCUT2D eigenvalue weighted by atomic mass is 9.85. The molecule has 0 unspecified atom stereocenters. The van der Waals surface area contributed by atoms with Crippen LogP contribution in [0.1, 0.15) is 19.4 Å². The van der Waals surface area contributed by atoms with Crippen molar-refractivity contribution < 1.29 is 4.79 Å². The lowest BCUT2D eigenvalue weighted by Gasteiger charge is -2.26. The van der Waals surface area contributed by atoms with Crippen LogP contribution in [0.3, 0.4) is 0 Å². The van der Waals surface area contributed by atoms with Crippen molar-refractivity contribution in [2.45, 2.75) is 19.3 Å². The molecule has 3 nitrogen and oxygen atoms in total. The minimum Gasteiger partial charge on any atom is -0.337 e. The summed E-state index contributed by atoms with van der Waals surface area (Å²) in [5, 5.41) is 3.61. The quantitative estimate of drug-likeness (QED) is 0.884. The first-order valence-electron chi connectivity index (χ1n) is 5.54. The Morgan fingerprint density at radius 2 is 1.82 bits per heavy atom. The third-order valence-corrected chi connectivity index (χ3v) is 2.97. The Morgan fingerprint density at radius 1 is 1.29 bits per heavy atom. The molecule has 0 saturated carbocycles. The Bertz CT molecular complexity index is 385. The summed E-state index contributed by atoms with van der Waals surface area (Å²) >= 11 is 5.85. The molecule has 0 atom stereocenters. The van der Waals surface area contributed by atoms with Crippen LogP contribution in [-0.4, -0.2) is 31.6 Å². The molecule has 1 rings (SSSR count). The average Bonchev–Trinajstić information content (AvgIpc) is 2.26. The van der Waals surface area contributed by atoms with Crippen LogP contribution >= 0.6 is 11.6 Å². The molecule has 0 aliphatic carbocycles. The van der Waals surface area contributed by atoms with Gasteiger partial charge in [0.25, 0.3) is 0 Å². The van der Waals surface area contributed by atoms with Gasteiger partial charge in [-0.25, -0.2) is 4.79 Å². The molecule has 0 bridgehead atoms. The average molecular weight is 255 g/mol. The summed E-state index contributed by atoms with van der Waals surface area (Å²) in [5.74, 6) is 0. The van der Waals surface area contributed by atoms with Gasteiger partial charge >= 0.3 is 6.03 Å². The molecule has 1 aromatic rings. The van der Waals surface area contributed by atoms with E-state index in [1.165, 1.54) is 4.90 Å². The van der Waals surface area contributed by atoms with Crippen molar-refractivity contribution in [3.8, 4) is 0 Å². The highest BCUT2D eigenvalue weighted by atomic mass is 35.5. The normalized spacial score (nSPS) is 11.1. The summed E-state index contributed by atoms with van der Waals surface area (Å²) in [4.78, 5) is 13.0. The third-order valence-electron chi connectivity index (χ3n) is 2.71. The second kappa shape index (κ2) is 5.41. The van der Waals surface area contributed by atoms with Gasteiger partial charge in [-0.3, -0.25) is 0 Å². The molecule has 0 radical (unpaired) electrons. The molecule has 0 saturated heterocycles. The highest BCUT2D eigenvalue weighted by Gasteiger charge is 2.21. The minimum atomic E-state index is -0.115. The molecule has 4 heteroatoms. The Kier molecular flexibility index (Phi) is 4.40. The number of carbonyl (C=O) groups is 1. The summed E-state index contributed by atoms with van der Waals surface area (Å²) in [5.41, 5.74) is 1.04. The van der Waals surface area contributed by atoms with Crippen LogP contribution in [0.5, 0.6) is 0 Å². The zero-order valence-corrected chi connectivity index (χ0v) is 11.5. The first-order chi connectivity index (χ1) is 7.83. The number of carbonyl (C=O) groups excluding carboxylic acids is 1. The van der Waals surface area contributed by atoms with E-state index in [4.69, 9.17) is 11.6 Å². The number of amides is 2. The van der Waals surface area contributed by atoms with Crippen LogP contribution in [0.4, 0.5) is 4.79 Å². The number of nitrogens with zero attached hydrogens (tertiary/aromatic N) is 1. The fourth-order valence-electron chi connectivity index (χ4n) is 1.46. The van der Waals surface area contributed by atoms with Gasteiger partial charge in [0.1, 0.15) is 0 Å². The number of hydrogen-bond donors (Lipinski definition) is 1. The van der Waals surface area contributed by atoms with E-state index in [-0.39, 0.29) is 11.4 Å². The lowest BCUT2D eigenvalue weighted by molar-refractivity contribution is 0.215. The van der Waals surface area contributed by atoms with Gasteiger partial charge in [-0.05, 0) is 17.7 Å². The van der Waals surface area contributed by atoms with Gasteiger partial charge < -0.3 is 10.2 Å². The topological polar surface area (TPSA) is 32.3 Å². The molecule has 1 aromatic carbocycles. The Balaban J connectivity index is 2.68. The van der Waals surface area contributed by atoms with Crippen LogP contribution in [0, 0.1) is 0 Å². The van der Waals surface area contributed by atoms with Crippen LogP contribution < -0.4 is 5.32 Å². The van der Waals surface area contributed by atoms with Crippen molar-refractivity contribution in [3.63, 3.8) is 0 Å². The largest absolute Gasteiger partial charge is 0.337 e. The zero-order chi connectivity index (χ0) is 13.1. The van der Waals surface area contributed by atoms with E-state index in [2.05, 4.69) is 19.2 Å². The van der Waals surface area contributed by atoms with Gasteiger partial charge in [-0.2, -0.15) is 0 Å². The summed E-state index contributed by atoms with van der Waals surface area (Å²) in [7, 11) is 3.45. The molecule has 94 valence electrons. The predicted octanol–water partition coefficient (Wildman–Crippen LogP) is 2.89. The maximum absolute atomic E-state index is 11.5. The summed E-state index contributed by atoms with van der Waals surface area (Å²) in [6.45, 7) is 4.77. The van der Waals surface area contributed by atoms with Gasteiger partial charge in [-0.15, -0.1) is 0 Å². The fourth-order valence-corrected chi connectivity index (χ4v) is 1.58. The van der Waals surface area contributed by atoms with Crippen molar-refractivity contribution in [2.24, 2.45) is 0 Å². The molecule has 0 aromatic heterocycles. The Morgan fingerprint density at radius 3 is 2.29 bits per heavy atom. The van der Waals surface area contributed by atoms with Crippen molar-refractivity contribution >= 4 is 17.6 Å². The standard InChI is InChI=1S/C13H19ClN2O/c1-13(2,9-15-12(17)16(3)4)10-5-7-11(14)8-6-10/h5-8H,9H2,1-4H3,(H,15,17). The summed E-state index contributed by atoms with van der Waals surface area (Å²) < 4.78 is 0. The number of urea groups is 1. The van der Waals surface area contributed by atoms with Gasteiger partial charge in [0.15, 0.2) is 0 Å². The first-order valence-corrected chi connectivity index (χ1v) is 5.92. The van der Waals surface area contributed by atoms with E-state index < -0.39 is 0 Å². The highest BCUT2D eigenvalue weighted by Crippen LogP contribution is 2.23. The highest BCUT2D eigenvalue weighted by molar-refractivity contribution is 6.30. The molecular formula is C13H19ClN2O. The monoisotopic (exact) mass is 254 g/mol. The first kappa shape index (κ1) is 13.8. The molecule has 0 aliphatic rings. The maximum Gasteiger partial charge on any atom is 0.316 e. The van der Waals surface area contributed by atoms with Crippen LogP contribution in [0.2, 0.25) is 5.02 Å². The van der Waals surface area contributed by atoms with Gasteiger partial charge in [-0.1, -0.05) is 37.6 Å². The zero-order valence-electron chi connectivity index (χ0n) is 10.7. The van der Waals surface area contributed by atoms with Gasteiger partial charge in [0.05, 0.1) is 0 Å². The van der Waals surface area contributed by atoms with E-state index >= 15 is 0 Å². The van der Waals surface area contributed by atoms with E-state index in [9.17, 15) is 4.79 Å². The second-order valence-corrected chi connectivity index (χ2v) is 5.38. The molecule has 0 fully saturated rings. The van der Waals surface area contributed by atoms with Crippen molar-refractivity contribution in [1.82, 2.24) is 10.2 Å². The predicted molar refractivity (Wildman–Crippen MR) is 71.6 cm³/mol. The van der Waals surface area contributed by atoms with E-state index in [1.807, 2.05) is 24.3 Å². The smallest absolute Gasteiger partial charge is 0.316 e. The molecular weight excluding hydrogens is 236 g/mol. The molecule has 17 heavy (non-hydrogen) atoms. The fraction of sp³-hybridized carbons (Fsp3) is 0.462. The molecule has 0 heterocycles. The molecule has 1 N–H and O–H groups in total. The van der Waals surface area contributed by atoms with Crippen molar-refractivity contribution in [3.05, 3.63) is 34.9 Å². The third kappa shape index (κ3) is 3.93. The Labute approximate surface area is 108 Å². The molecule has 2 amide bonds. The van der Waals surface area contributed by atoms with E-state index in [1.54, 1.807) is 14.1 Å². The van der Waals surface area contributed by atoms with Crippen molar-refractivity contribution in [1.29, 1.82) is 0 Å². The van der Waals surface area contributed by atoms with Gasteiger partial charge in [0, 0.05) is 31.1 Å². The van der Waals surface area contributed by atoms with E-state index in [0.717, 1.165) is 10.6 Å².